The van der Waals surface area contributed by atoms with Gasteiger partial charge in [-0.15, -0.1) is 11.3 Å². The number of benzene rings is 1. The molecule has 1 saturated heterocycles. The van der Waals surface area contributed by atoms with E-state index < -0.39 is 0 Å². The highest BCUT2D eigenvalue weighted by molar-refractivity contribution is 7.13. The first-order chi connectivity index (χ1) is 15.1. The van der Waals surface area contributed by atoms with Crippen molar-refractivity contribution < 1.29 is 9.59 Å². The zero-order valence-corrected chi connectivity index (χ0v) is 18.8. The molecule has 3 aromatic rings. The lowest BCUT2D eigenvalue weighted by Gasteiger charge is -2.24. The number of thiophene rings is 1. The van der Waals surface area contributed by atoms with E-state index in [0.29, 0.717) is 31.9 Å². The zero-order valence-electron chi connectivity index (χ0n) is 18.0. The van der Waals surface area contributed by atoms with Gasteiger partial charge in [0.25, 0.3) is 5.91 Å². The second-order valence-corrected chi connectivity index (χ2v) is 8.96. The fraction of sp³-hybridized carbons (Fsp3) is 0.375. The predicted molar refractivity (Wildman–Crippen MR) is 123 cm³/mol. The van der Waals surface area contributed by atoms with Crippen LogP contribution in [0.4, 0.5) is 0 Å². The highest BCUT2D eigenvalue weighted by Crippen LogP contribution is 2.27. The summed E-state index contributed by atoms with van der Waals surface area (Å²) in [5.41, 5.74) is 2.28. The van der Waals surface area contributed by atoms with Crippen LogP contribution < -0.4 is 0 Å². The lowest BCUT2D eigenvalue weighted by Crippen LogP contribution is -2.38. The third-order valence-electron chi connectivity index (χ3n) is 5.75. The molecular formula is C24H28N4O2S. The summed E-state index contributed by atoms with van der Waals surface area (Å²) in [6.45, 7) is 4.30. The Kier molecular flexibility index (Phi) is 6.51. The molecule has 2 amide bonds. The first kappa shape index (κ1) is 21.3. The Hall–Kier alpha value is -2.93. The summed E-state index contributed by atoms with van der Waals surface area (Å²) in [4.78, 5) is 35.6. The summed E-state index contributed by atoms with van der Waals surface area (Å²) >= 11 is 1.71. The van der Waals surface area contributed by atoms with Crippen molar-refractivity contribution in [3.05, 3.63) is 65.6 Å². The standard InChI is InChI=1S/C24H28N4O2S/c1-3-10-27-12-13-28(24(30)22-25-9-11-26(22)2)17-20(23(27)29)16-18-6-4-7-19(15-18)21-8-5-14-31-21/h4-9,11,14-15,20H,3,10,12-13,16-17H2,1-2H3/t20-/m1/s1. The second-order valence-electron chi connectivity index (χ2n) is 8.02. The van der Waals surface area contributed by atoms with E-state index in [0.717, 1.165) is 18.5 Å². The molecule has 0 aliphatic carbocycles. The first-order valence-electron chi connectivity index (χ1n) is 10.7. The molecule has 0 unspecified atom stereocenters. The molecule has 1 aliphatic rings. The maximum Gasteiger partial charge on any atom is 0.289 e. The first-order valence-corrected chi connectivity index (χ1v) is 11.6. The molecule has 2 aromatic heterocycles. The van der Waals surface area contributed by atoms with Crippen LogP contribution in [0.15, 0.2) is 54.2 Å². The van der Waals surface area contributed by atoms with E-state index in [4.69, 9.17) is 0 Å². The normalized spacial score (nSPS) is 17.1. The molecule has 4 rings (SSSR count). The van der Waals surface area contributed by atoms with Crippen molar-refractivity contribution in [3.63, 3.8) is 0 Å². The quantitative estimate of drug-likeness (QED) is 0.592. The molecule has 0 N–H and O–H groups in total. The highest BCUT2D eigenvalue weighted by atomic mass is 32.1. The molecule has 1 aromatic carbocycles. The monoisotopic (exact) mass is 436 g/mol. The Morgan fingerprint density at radius 2 is 2.10 bits per heavy atom. The maximum absolute atomic E-state index is 13.3. The number of hydrogen-bond acceptors (Lipinski definition) is 4. The van der Waals surface area contributed by atoms with Crippen LogP contribution in [0.2, 0.25) is 0 Å². The minimum atomic E-state index is -0.267. The SMILES string of the molecule is CCCN1CCN(C(=O)c2nccn2C)C[C@@H](Cc2cccc(-c3cccs3)c2)C1=O. The van der Waals surface area contributed by atoms with Crippen molar-refractivity contribution in [2.24, 2.45) is 13.0 Å². The van der Waals surface area contributed by atoms with Gasteiger partial charge in [-0.1, -0.05) is 37.3 Å². The van der Waals surface area contributed by atoms with Gasteiger partial charge >= 0.3 is 0 Å². The predicted octanol–water partition coefficient (Wildman–Crippen LogP) is 3.70. The van der Waals surface area contributed by atoms with Gasteiger partial charge in [-0.25, -0.2) is 4.98 Å². The lowest BCUT2D eigenvalue weighted by molar-refractivity contribution is -0.134. The van der Waals surface area contributed by atoms with Gasteiger partial charge < -0.3 is 14.4 Å². The van der Waals surface area contributed by atoms with Crippen LogP contribution in [-0.2, 0) is 18.3 Å². The van der Waals surface area contributed by atoms with Crippen LogP contribution in [0.3, 0.4) is 0 Å². The van der Waals surface area contributed by atoms with E-state index in [1.165, 1.54) is 10.4 Å². The Bertz CT molecular complexity index is 1040. The number of aromatic nitrogens is 2. The third kappa shape index (κ3) is 4.71. The van der Waals surface area contributed by atoms with Gasteiger partial charge in [-0.3, -0.25) is 9.59 Å². The van der Waals surface area contributed by atoms with Crippen molar-refractivity contribution in [3.8, 4) is 10.4 Å². The van der Waals surface area contributed by atoms with Gasteiger partial charge in [0.15, 0.2) is 5.82 Å². The summed E-state index contributed by atoms with van der Waals surface area (Å²) in [7, 11) is 1.82. The number of rotatable bonds is 6. The average Bonchev–Trinajstić information content (AvgIpc) is 3.43. The molecule has 31 heavy (non-hydrogen) atoms. The van der Waals surface area contributed by atoms with Crippen LogP contribution >= 0.6 is 11.3 Å². The molecular weight excluding hydrogens is 408 g/mol. The number of carbonyl (C=O) groups excluding carboxylic acids is 2. The Balaban J connectivity index is 1.58. The Morgan fingerprint density at radius 1 is 1.23 bits per heavy atom. The van der Waals surface area contributed by atoms with Gasteiger partial charge in [0.05, 0.1) is 5.92 Å². The van der Waals surface area contributed by atoms with E-state index >= 15 is 0 Å². The van der Waals surface area contributed by atoms with E-state index in [-0.39, 0.29) is 17.7 Å². The molecule has 1 fully saturated rings. The third-order valence-corrected chi connectivity index (χ3v) is 6.67. The van der Waals surface area contributed by atoms with Crippen LogP contribution in [0.1, 0.15) is 29.5 Å². The minimum absolute atomic E-state index is 0.115. The van der Waals surface area contributed by atoms with Crippen molar-refractivity contribution >= 4 is 23.2 Å². The van der Waals surface area contributed by atoms with Crippen molar-refractivity contribution in [2.75, 3.05) is 26.2 Å². The fourth-order valence-corrected chi connectivity index (χ4v) is 4.89. The van der Waals surface area contributed by atoms with Gasteiger partial charge in [-0.2, -0.15) is 0 Å². The van der Waals surface area contributed by atoms with Crippen molar-refractivity contribution in [1.29, 1.82) is 0 Å². The smallest absolute Gasteiger partial charge is 0.289 e. The molecule has 0 saturated carbocycles. The van der Waals surface area contributed by atoms with E-state index in [2.05, 4.69) is 41.6 Å². The minimum Gasteiger partial charge on any atom is -0.341 e. The molecule has 162 valence electrons. The molecule has 3 heterocycles. The highest BCUT2D eigenvalue weighted by Gasteiger charge is 2.33. The zero-order chi connectivity index (χ0) is 21.8. The van der Waals surface area contributed by atoms with E-state index in [1.807, 2.05) is 24.1 Å². The average molecular weight is 437 g/mol. The fourth-order valence-electron chi connectivity index (χ4n) is 4.17. The van der Waals surface area contributed by atoms with Gasteiger partial charge in [0.1, 0.15) is 0 Å². The summed E-state index contributed by atoms with van der Waals surface area (Å²) in [5.74, 6) is 0.168. The van der Waals surface area contributed by atoms with Crippen molar-refractivity contribution in [2.45, 2.75) is 19.8 Å². The number of imidazole rings is 1. The molecule has 0 bridgehead atoms. The van der Waals surface area contributed by atoms with E-state index in [1.54, 1.807) is 33.2 Å². The van der Waals surface area contributed by atoms with Crippen LogP contribution in [-0.4, -0.2) is 57.3 Å². The van der Waals surface area contributed by atoms with Gasteiger partial charge in [0, 0.05) is 50.5 Å². The summed E-state index contributed by atoms with van der Waals surface area (Å²) in [6.07, 6.45) is 4.92. The van der Waals surface area contributed by atoms with Crippen LogP contribution in [0.5, 0.6) is 0 Å². The number of aryl methyl sites for hydroxylation is 1. The summed E-state index contributed by atoms with van der Waals surface area (Å²) in [5, 5.41) is 2.07. The van der Waals surface area contributed by atoms with E-state index in [9.17, 15) is 9.59 Å². The van der Waals surface area contributed by atoms with Crippen LogP contribution in [0.25, 0.3) is 10.4 Å². The molecule has 6 nitrogen and oxygen atoms in total. The topological polar surface area (TPSA) is 58.4 Å². The molecule has 1 atom stereocenters. The molecule has 7 heteroatoms. The van der Waals surface area contributed by atoms with Crippen LogP contribution in [0, 0.1) is 5.92 Å². The molecule has 1 aliphatic heterocycles. The molecule has 0 spiro atoms. The molecule has 0 radical (unpaired) electrons. The number of carbonyl (C=O) groups is 2. The largest absolute Gasteiger partial charge is 0.341 e. The van der Waals surface area contributed by atoms with Gasteiger partial charge in [-0.05, 0) is 35.4 Å². The second kappa shape index (κ2) is 9.47. The maximum atomic E-state index is 13.3. The number of amides is 2. The lowest BCUT2D eigenvalue weighted by atomic mass is 9.96. The van der Waals surface area contributed by atoms with Crippen molar-refractivity contribution in [1.82, 2.24) is 19.4 Å². The summed E-state index contributed by atoms with van der Waals surface area (Å²) in [6, 6.07) is 12.5. The number of hydrogen-bond donors (Lipinski definition) is 0. The summed E-state index contributed by atoms with van der Waals surface area (Å²) < 4.78 is 1.73. The van der Waals surface area contributed by atoms with Gasteiger partial charge in [0.2, 0.25) is 5.91 Å². The number of nitrogens with zero attached hydrogens (tertiary/aromatic N) is 4. The Morgan fingerprint density at radius 3 is 2.81 bits per heavy atom. The Labute approximate surface area is 187 Å².